The van der Waals surface area contributed by atoms with Crippen molar-refractivity contribution in [1.29, 1.82) is 0 Å². The second-order valence-corrected chi connectivity index (χ2v) is 5.55. The second-order valence-electron chi connectivity index (χ2n) is 5.55. The lowest BCUT2D eigenvalue weighted by atomic mass is 10.2. The van der Waals surface area contributed by atoms with Crippen LogP contribution in [0.2, 0.25) is 0 Å². The van der Waals surface area contributed by atoms with Crippen LogP contribution in [0.25, 0.3) is 0 Å². The quantitative estimate of drug-likeness (QED) is 0.758. The molecule has 0 bridgehead atoms. The number of rotatable bonds is 7. The molecule has 2 aromatic carbocycles. The topological polar surface area (TPSA) is 59.6 Å². The van der Waals surface area contributed by atoms with Gasteiger partial charge in [-0.1, -0.05) is 24.3 Å². The summed E-state index contributed by atoms with van der Waals surface area (Å²) >= 11 is 0. The number of nitrogens with one attached hydrogen (secondary N) is 2. The highest BCUT2D eigenvalue weighted by atomic mass is 16.5. The molecule has 2 rings (SSSR count). The standard InChI is InChI=1S/C19H24N2O3/c1-14-9-10-18(23-3)16(13-14)21-19(22)20-11-6-12-24-17-8-5-4-7-15(17)2/h4-5,7-10,13H,6,11-12H2,1-3H3,(H2,20,21,22). The molecular weight excluding hydrogens is 304 g/mol. The summed E-state index contributed by atoms with van der Waals surface area (Å²) in [5.74, 6) is 1.52. The van der Waals surface area contributed by atoms with Crippen LogP contribution < -0.4 is 20.1 Å². The molecule has 2 aromatic rings. The lowest BCUT2D eigenvalue weighted by Crippen LogP contribution is -2.30. The highest BCUT2D eigenvalue weighted by Crippen LogP contribution is 2.24. The van der Waals surface area contributed by atoms with E-state index < -0.39 is 0 Å². The molecule has 0 heterocycles. The molecule has 0 aromatic heterocycles. The zero-order chi connectivity index (χ0) is 17.4. The molecule has 0 unspecified atom stereocenters. The first-order valence-corrected chi connectivity index (χ1v) is 7.98. The Morgan fingerprint density at radius 2 is 1.88 bits per heavy atom. The minimum Gasteiger partial charge on any atom is -0.495 e. The maximum absolute atomic E-state index is 12.0. The van der Waals surface area contributed by atoms with Crippen LogP contribution in [-0.2, 0) is 0 Å². The van der Waals surface area contributed by atoms with E-state index in [9.17, 15) is 4.79 Å². The third-order valence-electron chi connectivity index (χ3n) is 3.56. The first-order valence-electron chi connectivity index (χ1n) is 7.98. The van der Waals surface area contributed by atoms with Gasteiger partial charge in [-0.3, -0.25) is 0 Å². The summed E-state index contributed by atoms with van der Waals surface area (Å²) in [7, 11) is 1.58. The minimum atomic E-state index is -0.255. The maximum atomic E-state index is 12.0. The normalized spacial score (nSPS) is 10.1. The van der Waals surface area contributed by atoms with Gasteiger partial charge in [0.2, 0.25) is 0 Å². The third-order valence-corrected chi connectivity index (χ3v) is 3.56. The molecule has 2 N–H and O–H groups in total. The van der Waals surface area contributed by atoms with Crippen LogP contribution in [0.1, 0.15) is 17.5 Å². The first-order chi connectivity index (χ1) is 11.6. The van der Waals surface area contributed by atoms with Crippen molar-refractivity contribution < 1.29 is 14.3 Å². The Morgan fingerprint density at radius 3 is 2.62 bits per heavy atom. The van der Waals surface area contributed by atoms with Crippen LogP contribution in [-0.4, -0.2) is 26.3 Å². The van der Waals surface area contributed by atoms with Crippen molar-refractivity contribution in [2.45, 2.75) is 20.3 Å². The molecule has 0 fully saturated rings. The average molecular weight is 328 g/mol. The van der Waals surface area contributed by atoms with E-state index in [0.717, 1.165) is 23.3 Å². The second kappa shape index (κ2) is 8.82. The van der Waals surface area contributed by atoms with Crippen molar-refractivity contribution in [3.8, 4) is 11.5 Å². The first kappa shape index (κ1) is 17.7. The molecule has 0 aliphatic carbocycles. The highest BCUT2D eigenvalue weighted by molar-refractivity contribution is 5.91. The summed E-state index contributed by atoms with van der Waals surface area (Å²) in [6, 6.07) is 13.3. The number of para-hydroxylation sites is 1. The van der Waals surface area contributed by atoms with Crippen LogP contribution in [0.3, 0.4) is 0 Å². The number of ether oxygens (including phenoxy) is 2. The van der Waals surface area contributed by atoms with E-state index in [2.05, 4.69) is 10.6 Å². The largest absolute Gasteiger partial charge is 0.495 e. The molecule has 128 valence electrons. The van der Waals surface area contributed by atoms with Crippen molar-refractivity contribution in [3.63, 3.8) is 0 Å². The van der Waals surface area contributed by atoms with E-state index in [4.69, 9.17) is 9.47 Å². The fraction of sp³-hybridized carbons (Fsp3) is 0.316. The SMILES string of the molecule is COc1ccc(C)cc1NC(=O)NCCCOc1ccccc1C. The fourth-order valence-electron chi connectivity index (χ4n) is 2.26. The Kier molecular flexibility index (Phi) is 6.49. The van der Waals surface area contributed by atoms with Crippen LogP contribution >= 0.6 is 0 Å². The number of aryl methyl sites for hydroxylation is 2. The van der Waals surface area contributed by atoms with Crippen molar-refractivity contribution >= 4 is 11.7 Å². The molecule has 0 saturated carbocycles. The number of hydrogen-bond donors (Lipinski definition) is 2. The highest BCUT2D eigenvalue weighted by Gasteiger charge is 2.07. The molecular formula is C19H24N2O3. The zero-order valence-electron chi connectivity index (χ0n) is 14.4. The fourth-order valence-corrected chi connectivity index (χ4v) is 2.26. The smallest absolute Gasteiger partial charge is 0.319 e. The number of hydrogen-bond acceptors (Lipinski definition) is 3. The average Bonchev–Trinajstić information content (AvgIpc) is 2.56. The van der Waals surface area contributed by atoms with Crippen molar-refractivity contribution in [2.24, 2.45) is 0 Å². The van der Waals surface area contributed by atoms with Crippen LogP contribution in [0.4, 0.5) is 10.5 Å². The van der Waals surface area contributed by atoms with E-state index in [1.54, 1.807) is 7.11 Å². The lowest BCUT2D eigenvalue weighted by molar-refractivity contribution is 0.250. The molecule has 0 aliphatic rings. The summed E-state index contributed by atoms with van der Waals surface area (Å²) in [4.78, 5) is 12.0. The summed E-state index contributed by atoms with van der Waals surface area (Å²) in [6.07, 6.45) is 0.729. The Balaban J connectivity index is 1.72. The van der Waals surface area contributed by atoms with Crippen molar-refractivity contribution in [2.75, 3.05) is 25.6 Å². The van der Waals surface area contributed by atoms with E-state index in [0.29, 0.717) is 24.6 Å². The minimum absolute atomic E-state index is 0.255. The van der Waals surface area contributed by atoms with Crippen molar-refractivity contribution in [1.82, 2.24) is 5.32 Å². The Morgan fingerprint density at radius 1 is 1.08 bits per heavy atom. The third kappa shape index (κ3) is 5.19. The summed E-state index contributed by atoms with van der Waals surface area (Å²) in [5, 5.41) is 5.62. The number of carbonyl (C=O) groups excluding carboxylic acids is 1. The van der Waals surface area contributed by atoms with Gasteiger partial charge in [-0.15, -0.1) is 0 Å². The summed E-state index contributed by atoms with van der Waals surface area (Å²) in [6.45, 7) is 5.06. The molecule has 0 atom stereocenters. The van der Waals surface area contributed by atoms with Gasteiger partial charge in [0.1, 0.15) is 11.5 Å². The Bertz CT molecular complexity index is 686. The number of anilines is 1. The van der Waals surface area contributed by atoms with E-state index in [-0.39, 0.29) is 6.03 Å². The molecule has 0 radical (unpaired) electrons. The van der Waals surface area contributed by atoms with Gasteiger partial charge >= 0.3 is 6.03 Å². The predicted molar refractivity (Wildman–Crippen MR) is 96.0 cm³/mol. The number of amides is 2. The van der Waals surface area contributed by atoms with Gasteiger partial charge in [0, 0.05) is 6.54 Å². The molecule has 0 aliphatic heterocycles. The van der Waals surface area contributed by atoms with Gasteiger partial charge in [0.15, 0.2) is 0 Å². The van der Waals surface area contributed by atoms with Crippen LogP contribution in [0, 0.1) is 13.8 Å². The number of carbonyl (C=O) groups is 1. The Hall–Kier alpha value is -2.69. The number of benzene rings is 2. The summed E-state index contributed by atoms with van der Waals surface area (Å²) < 4.78 is 10.9. The molecule has 0 spiro atoms. The van der Waals surface area contributed by atoms with Gasteiger partial charge in [-0.2, -0.15) is 0 Å². The van der Waals surface area contributed by atoms with E-state index >= 15 is 0 Å². The van der Waals surface area contributed by atoms with Crippen LogP contribution in [0.15, 0.2) is 42.5 Å². The maximum Gasteiger partial charge on any atom is 0.319 e. The number of urea groups is 1. The van der Waals surface area contributed by atoms with Crippen molar-refractivity contribution in [3.05, 3.63) is 53.6 Å². The van der Waals surface area contributed by atoms with Crippen LogP contribution in [0.5, 0.6) is 11.5 Å². The molecule has 5 nitrogen and oxygen atoms in total. The summed E-state index contributed by atoms with van der Waals surface area (Å²) in [5.41, 5.74) is 2.82. The molecule has 5 heteroatoms. The van der Waals surface area contributed by atoms with E-state index in [1.165, 1.54) is 0 Å². The van der Waals surface area contributed by atoms with Gasteiger partial charge in [-0.25, -0.2) is 4.79 Å². The molecule has 24 heavy (non-hydrogen) atoms. The van der Waals surface area contributed by atoms with Gasteiger partial charge < -0.3 is 20.1 Å². The monoisotopic (exact) mass is 328 g/mol. The van der Waals surface area contributed by atoms with E-state index in [1.807, 2.05) is 56.3 Å². The lowest BCUT2D eigenvalue weighted by Gasteiger charge is -2.12. The van der Waals surface area contributed by atoms with Gasteiger partial charge in [-0.05, 0) is 49.6 Å². The Labute approximate surface area is 143 Å². The zero-order valence-corrected chi connectivity index (χ0v) is 14.4. The van der Waals surface area contributed by atoms with Gasteiger partial charge in [0.25, 0.3) is 0 Å². The van der Waals surface area contributed by atoms with Gasteiger partial charge in [0.05, 0.1) is 19.4 Å². The number of methoxy groups -OCH3 is 1. The molecule has 0 saturated heterocycles. The molecule has 2 amide bonds. The predicted octanol–water partition coefficient (Wildman–Crippen LogP) is 3.90.